The average Bonchev–Trinajstić information content (AvgIpc) is 2.88. The molecule has 0 unspecified atom stereocenters. The zero-order valence-electron chi connectivity index (χ0n) is 26.0. The average molecular weight is 595 g/mol. The van der Waals surface area contributed by atoms with Crippen molar-refractivity contribution in [3.8, 4) is 45.3 Å². The highest BCUT2D eigenvalue weighted by Crippen LogP contribution is 2.44. The minimum absolute atomic E-state index is 0.0566. The third-order valence-corrected chi connectivity index (χ3v) is 6.79. The van der Waals surface area contributed by atoms with Crippen molar-refractivity contribution in [3.63, 3.8) is 0 Å². The van der Waals surface area contributed by atoms with Gasteiger partial charge in [0, 0.05) is 50.7 Å². The summed E-state index contributed by atoms with van der Waals surface area (Å²) in [6.45, 7) is 8.58. The van der Waals surface area contributed by atoms with E-state index in [1.165, 1.54) is 0 Å². The number of ether oxygens (including phenoxy) is 2. The second kappa shape index (κ2) is 13.7. The van der Waals surface area contributed by atoms with E-state index in [4.69, 9.17) is 13.7 Å². The maximum absolute atomic E-state index is 12.1. The van der Waals surface area contributed by atoms with Crippen LogP contribution in [-0.4, -0.2) is 61.2 Å². The van der Waals surface area contributed by atoms with E-state index in [9.17, 15) is 13.5 Å². The zero-order valence-corrected chi connectivity index (χ0v) is 26.8. The number of nitrogens with zero attached hydrogens (tertiary/aromatic N) is 2. The molecule has 0 saturated carbocycles. The third kappa shape index (κ3) is 8.69. The molecule has 0 aliphatic carbocycles. The molecule has 0 aromatic heterocycles. The van der Waals surface area contributed by atoms with Crippen LogP contribution in [0.2, 0.25) is 0 Å². The van der Waals surface area contributed by atoms with E-state index >= 15 is 0 Å². The van der Waals surface area contributed by atoms with Gasteiger partial charge in [0.15, 0.2) is 23.0 Å². The standard InChI is InChI=1S/C33H42N2O6S/c1-22(2)14-16-39-31-12-10-24(18-30(31)36)26-20-29(35(7)8)27(21-28(26)34(5)6)25-11-13-32(40-17-15-23(3)4)33(19-25)41-42(9,37)38/h10-15,18-21,36H,16-17H2,1-9H3. The van der Waals surface area contributed by atoms with Crippen LogP contribution in [0.25, 0.3) is 22.3 Å². The topological polar surface area (TPSA) is 88.5 Å². The largest absolute Gasteiger partial charge is 0.504 e. The van der Waals surface area contributed by atoms with Gasteiger partial charge in [0.05, 0.1) is 6.26 Å². The fourth-order valence-corrected chi connectivity index (χ4v) is 4.66. The first-order valence-corrected chi connectivity index (χ1v) is 15.4. The lowest BCUT2D eigenvalue weighted by atomic mass is 9.95. The first-order chi connectivity index (χ1) is 19.7. The predicted molar refractivity (Wildman–Crippen MR) is 173 cm³/mol. The molecule has 3 aromatic carbocycles. The SMILES string of the molecule is CC(C)=CCOc1ccc(-c2cc(N(C)C)c(-c3ccc(OCC=C(C)C)c(OS(C)(=O)=O)c3)cc2N(C)C)cc1O. The number of rotatable bonds is 12. The van der Waals surface area contributed by atoms with E-state index < -0.39 is 10.1 Å². The number of anilines is 2. The number of phenols is 1. The van der Waals surface area contributed by atoms with Crippen LogP contribution in [0.4, 0.5) is 11.4 Å². The minimum Gasteiger partial charge on any atom is -0.504 e. The number of hydrogen-bond donors (Lipinski definition) is 1. The van der Waals surface area contributed by atoms with Crippen LogP contribution in [0.3, 0.4) is 0 Å². The molecular formula is C33H42N2O6S. The molecule has 0 saturated heterocycles. The molecule has 0 amide bonds. The highest BCUT2D eigenvalue weighted by atomic mass is 32.2. The second-order valence-electron chi connectivity index (χ2n) is 11.0. The second-order valence-corrected chi connectivity index (χ2v) is 12.6. The summed E-state index contributed by atoms with van der Waals surface area (Å²) in [6, 6.07) is 14.8. The lowest BCUT2D eigenvalue weighted by molar-refractivity contribution is 0.335. The number of aromatic hydroxyl groups is 1. The Balaban J connectivity index is 2.14. The van der Waals surface area contributed by atoms with Gasteiger partial charge in [0.2, 0.25) is 0 Å². The zero-order chi connectivity index (χ0) is 31.2. The van der Waals surface area contributed by atoms with Crippen molar-refractivity contribution >= 4 is 21.5 Å². The molecule has 0 aliphatic heterocycles. The van der Waals surface area contributed by atoms with Crippen molar-refractivity contribution in [1.82, 2.24) is 0 Å². The minimum atomic E-state index is -3.80. The van der Waals surface area contributed by atoms with E-state index in [2.05, 4.69) is 6.07 Å². The van der Waals surface area contributed by atoms with Crippen LogP contribution >= 0.6 is 0 Å². The molecule has 3 rings (SSSR count). The van der Waals surface area contributed by atoms with E-state index in [1.54, 1.807) is 24.3 Å². The highest BCUT2D eigenvalue weighted by Gasteiger charge is 2.19. The first-order valence-electron chi connectivity index (χ1n) is 13.6. The molecule has 42 heavy (non-hydrogen) atoms. The Kier molecular flexibility index (Phi) is 10.6. The van der Waals surface area contributed by atoms with Gasteiger partial charge < -0.3 is 28.6 Å². The molecule has 0 atom stereocenters. The van der Waals surface area contributed by atoms with Crippen molar-refractivity contribution < 1.29 is 27.2 Å². The molecular weight excluding hydrogens is 552 g/mol. The van der Waals surface area contributed by atoms with Crippen LogP contribution in [0.15, 0.2) is 71.8 Å². The van der Waals surface area contributed by atoms with Crippen molar-refractivity contribution in [2.45, 2.75) is 27.7 Å². The van der Waals surface area contributed by atoms with Gasteiger partial charge in [-0.15, -0.1) is 0 Å². The Labute approximate surface area is 250 Å². The van der Waals surface area contributed by atoms with Crippen LogP contribution < -0.4 is 23.5 Å². The molecule has 1 N–H and O–H groups in total. The van der Waals surface area contributed by atoms with Gasteiger partial charge in [-0.25, -0.2) is 0 Å². The summed E-state index contributed by atoms with van der Waals surface area (Å²) in [5.74, 6) is 0.921. The molecule has 9 heteroatoms. The van der Waals surface area contributed by atoms with Crippen molar-refractivity contribution in [1.29, 1.82) is 0 Å². The molecule has 8 nitrogen and oxygen atoms in total. The maximum Gasteiger partial charge on any atom is 0.306 e. The van der Waals surface area contributed by atoms with Crippen LogP contribution in [0, 0.1) is 0 Å². The maximum atomic E-state index is 12.1. The van der Waals surface area contributed by atoms with E-state index in [0.717, 1.165) is 51.0 Å². The summed E-state index contributed by atoms with van der Waals surface area (Å²) in [5, 5.41) is 10.8. The van der Waals surface area contributed by atoms with Gasteiger partial charge in [-0.3, -0.25) is 0 Å². The Hall–Kier alpha value is -4.11. The summed E-state index contributed by atoms with van der Waals surface area (Å²) < 4.78 is 41.1. The first kappa shape index (κ1) is 32.4. The molecule has 0 fully saturated rings. The number of benzene rings is 3. The fourth-order valence-electron chi connectivity index (χ4n) is 4.21. The van der Waals surface area contributed by atoms with Gasteiger partial charge in [0.25, 0.3) is 0 Å². The van der Waals surface area contributed by atoms with Gasteiger partial charge in [-0.05, 0) is 87.4 Å². The number of phenolic OH excluding ortho intramolecular Hbond substituents is 1. The van der Waals surface area contributed by atoms with Crippen molar-refractivity contribution in [2.75, 3.05) is 57.5 Å². The Morgan fingerprint density at radius 3 is 1.60 bits per heavy atom. The quantitative estimate of drug-likeness (QED) is 0.179. The molecule has 0 spiro atoms. The van der Waals surface area contributed by atoms with Gasteiger partial charge in [0.1, 0.15) is 13.2 Å². The number of hydrogen-bond acceptors (Lipinski definition) is 8. The lowest BCUT2D eigenvalue weighted by Gasteiger charge is -2.25. The lowest BCUT2D eigenvalue weighted by Crippen LogP contribution is -2.14. The van der Waals surface area contributed by atoms with Crippen LogP contribution in [0.1, 0.15) is 27.7 Å². The Morgan fingerprint density at radius 1 is 0.714 bits per heavy atom. The summed E-state index contributed by atoms with van der Waals surface area (Å²) in [5.41, 5.74) is 7.38. The van der Waals surface area contributed by atoms with Gasteiger partial charge in [-0.1, -0.05) is 23.3 Å². The van der Waals surface area contributed by atoms with Crippen molar-refractivity contribution in [3.05, 3.63) is 71.8 Å². The smallest absolute Gasteiger partial charge is 0.306 e. The predicted octanol–water partition coefficient (Wildman–Crippen LogP) is 6.89. The van der Waals surface area contributed by atoms with Crippen molar-refractivity contribution in [2.24, 2.45) is 0 Å². The summed E-state index contributed by atoms with van der Waals surface area (Å²) in [4.78, 5) is 3.99. The molecule has 0 heterocycles. The molecule has 226 valence electrons. The van der Waals surface area contributed by atoms with E-state index in [-0.39, 0.29) is 18.1 Å². The number of allylic oxidation sites excluding steroid dienone is 2. The van der Waals surface area contributed by atoms with Gasteiger partial charge >= 0.3 is 10.1 Å². The molecule has 0 aliphatic rings. The summed E-state index contributed by atoms with van der Waals surface area (Å²) in [6.07, 6.45) is 4.87. The van der Waals surface area contributed by atoms with Gasteiger partial charge in [-0.2, -0.15) is 8.42 Å². The normalized spacial score (nSPS) is 11.0. The Morgan fingerprint density at radius 2 is 1.17 bits per heavy atom. The molecule has 0 bridgehead atoms. The molecule has 0 radical (unpaired) electrons. The summed E-state index contributed by atoms with van der Waals surface area (Å²) in [7, 11) is 3.99. The Bertz CT molecular complexity index is 1580. The molecule has 3 aromatic rings. The monoisotopic (exact) mass is 594 g/mol. The van der Waals surface area contributed by atoms with E-state index in [0.29, 0.717) is 18.1 Å². The fraction of sp³-hybridized carbons (Fsp3) is 0.333. The highest BCUT2D eigenvalue weighted by molar-refractivity contribution is 7.86. The summed E-state index contributed by atoms with van der Waals surface area (Å²) >= 11 is 0. The van der Waals surface area contributed by atoms with Crippen LogP contribution in [-0.2, 0) is 10.1 Å². The third-order valence-electron chi connectivity index (χ3n) is 6.30. The van der Waals surface area contributed by atoms with E-state index in [1.807, 2.05) is 96.0 Å². The van der Waals surface area contributed by atoms with Crippen LogP contribution in [0.5, 0.6) is 23.0 Å².